The van der Waals surface area contributed by atoms with Crippen molar-refractivity contribution in [2.45, 2.75) is 38.6 Å². The molecule has 0 unspecified atom stereocenters. The van der Waals surface area contributed by atoms with Crippen LogP contribution in [0.2, 0.25) is 0 Å². The quantitative estimate of drug-likeness (QED) is 0.689. The summed E-state index contributed by atoms with van der Waals surface area (Å²) in [6, 6.07) is 17.4. The van der Waals surface area contributed by atoms with E-state index in [-0.39, 0.29) is 24.5 Å². The van der Waals surface area contributed by atoms with Gasteiger partial charge in [-0.15, -0.1) is 0 Å². The Morgan fingerprint density at radius 2 is 1.60 bits per heavy atom. The van der Waals surface area contributed by atoms with E-state index >= 15 is 0 Å². The average Bonchev–Trinajstić information content (AvgIpc) is 2.78. The van der Waals surface area contributed by atoms with Crippen molar-refractivity contribution in [1.82, 2.24) is 10.2 Å². The third-order valence-corrected chi connectivity index (χ3v) is 5.19. The summed E-state index contributed by atoms with van der Waals surface area (Å²) in [5.74, 6) is 1.47. The SMILES string of the molecule is CCOc1ccc(OCC(=O)N2CCC(NC(=O)CCc3ccccc3)CC2)cc1. The second kappa shape index (κ2) is 11.2. The molecule has 0 bridgehead atoms. The first-order chi connectivity index (χ1) is 14.6. The van der Waals surface area contributed by atoms with Gasteiger partial charge in [0.1, 0.15) is 11.5 Å². The van der Waals surface area contributed by atoms with Crippen molar-refractivity contribution in [2.75, 3.05) is 26.3 Å². The van der Waals surface area contributed by atoms with Crippen molar-refractivity contribution >= 4 is 11.8 Å². The predicted molar refractivity (Wildman–Crippen MR) is 116 cm³/mol. The van der Waals surface area contributed by atoms with Crippen LogP contribution in [0.3, 0.4) is 0 Å². The summed E-state index contributed by atoms with van der Waals surface area (Å²) in [5.41, 5.74) is 1.17. The number of carbonyl (C=O) groups excluding carboxylic acids is 2. The highest BCUT2D eigenvalue weighted by molar-refractivity contribution is 5.78. The van der Waals surface area contributed by atoms with Gasteiger partial charge in [0.2, 0.25) is 5.91 Å². The fourth-order valence-electron chi connectivity index (χ4n) is 3.51. The Bertz CT molecular complexity index is 800. The topological polar surface area (TPSA) is 67.9 Å². The molecule has 0 atom stereocenters. The van der Waals surface area contributed by atoms with E-state index in [9.17, 15) is 9.59 Å². The third-order valence-electron chi connectivity index (χ3n) is 5.19. The van der Waals surface area contributed by atoms with E-state index in [0.29, 0.717) is 31.9 Å². The molecule has 2 aromatic carbocycles. The monoisotopic (exact) mass is 410 g/mol. The number of nitrogens with zero attached hydrogens (tertiary/aromatic N) is 1. The Morgan fingerprint density at radius 1 is 0.967 bits per heavy atom. The molecule has 1 N–H and O–H groups in total. The highest BCUT2D eigenvalue weighted by atomic mass is 16.5. The van der Waals surface area contributed by atoms with Crippen LogP contribution in [0, 0.1) is 0 Å². The Labute approximate surface area is 178 Å². The summed E-state index contributed by atoms with van der Waals surface area (Å²) < 4.78 is 11.0. The van der Waals surface area contributed by atoms with Crippen LogP contribution in [-0.2, 0) is 16.0 Å². The molecule has 0 saturated carbocycles. The molecule has 0 spiro atoms. The average molecular weight is 411 g/mol. The van der Waals surface area contributed by atoms with Crippen LogP contribution < -0.4 is 14.8 Å². The lowest BCUT2D eigenvalue weighted by molar-refractivity contribution is -0.134. The molecule has 0 aromatic heterocycles. The lowest BCUT2D eigenvalue weighted by Crippen LogP contribution is -2.47. The van der Waals surface area contributed by atoms with Crippen molar-refractivity contribution in [3.8, 4) is 11.5 Å². The van der Waals surface area contributed by atoms with Crippen LogP contribution in [0.25, 0.3) is 0 Å². The van der Waals surface area contributed by atoms with Gasteiger partial charge in [-0.25, -0.2) is 0 Å². The van der Waals surface area contributed by atoms with E-state index in [1.165, 1.54) is 5.56 Å². The standard InChI is InChI=1S/C24H30N2O4/c1-2-29-21-9-11-22(12-10-21)30-18-24(28)26-16-14-20(15-17-26)25-23(27)13-8-19-6-4-3-5-7-19/h3-7,9-12,20H,2,8,13-18H2,1H3,(H,25,27). The van der Waals surface area contributed by atoms with Gasteiger partial charge in [-0.05, 0) is 56.0 Å². The molecule has 6 nitrogen and oxygen atoms in total. The number of rotatable bonds is 9. The molecule has 1 saturated heterocycles. The first-order valence-electron chi connectivity index (χ1n) is 10.6. The Hall–Kier alpha value is -3.02. The van der Waals surface area contributed by atoms with E-state index in [1.807, 2.05) is 49.4 Å². The van der Waals surface area contributed by atoms with Gasteiger partial charge in [0.15, 0.2) is 6.61 Å². The van der Waals surface area contributed by atoms with E-state index in [1.54, 1.807) is 17.0 Å². The van der Waals surface area contributed by atoms with Gasteiger partial charge >= 0.3 is 0 Å². The molecule has 1 fully saturated rings. The molecule has 0 aliphatic carbocycles. The van der Waals surface area contributed by atoms with Crippen LogP contribution in [-0.4, -0.2) is 49.1 Å². The second-order valence-electron chi connectivity index (χ2n) is 7.40. The van der Waals surface area contributed by atoms with Crippen molar-refractivity contribution in [1.29, 1.82) is 0 Å². The van der Waals surface area contributed by atoms with Gasteiger partial charge in [-0.1, -0.05) is 30.3 Å². The van der Waals surface area contributed by atoms with Crippen LogP contribution >= 0.6 is 0 Å². The van der Waals surface area contributed by atoms with Crippen LogP contribution in [0.15, 0.2) is 54.6 Å². The number of carbonyl (C=O) groups is 2. The lowest BCUT2D eigenvalue weighted by Gasteiger charge is -2.32. The first-order valence-corrected chi connectivity index (χ1v) is 10.6. The molecule has 1 aliphatic rings. The van der Waals surface area contributed by atoms with Crippen molar-refractivity contribution in [3.05, 3.63) is 60.2 Å². The molecule has 0 radical (unpaired) electrons. The maximum atomic E-state index is 12.4. The molecular formula is C24H30N2O4. The van der Waals surface area contributed by atoms with E-state index in [0.717, 1.165) is 25.0 Å². The zero-order valence-corrected chi connectivity index (χ0v) is 17.5. The molecule has 6 heteroatoms. The molecule has 2 aromatic rings. The molecule has 30 heavy (non-hydrogen) atoms. The number of amides is 2. The zero-order chi connectivity index (χ0) is 21.2. The van der Waals surface area contributed by atoms with Crippen molar-refractivity contribution in [2.24, 2.45) is 0 Å². The largest absolute Gasteiger partial charge is 0.494 e. The summed E-state index contributed by atoms with van der Waals surface area (Å²) in [5, 5.41) is 3.10. The van der Waals surface area contributed by atoms with Crippen LogP contribution in [0.1, 0.15) is 31.7 Å². The second-order valence-corrected chi connectivity index (χ2v) is 7.40. The van der Waals surface area contributed by atoms with Crippen molar-refractivity contribution in [3.63, 3.8) is 0 Å². The normalized spacial score (nSPS) is 14.2. The number of likely N-dealkylation sites (tertiary alicyclic amines) is 1. The maximum Gasteiger partial charge on any atom is 0.260 e. The molecule has 1 aliphatic heterocycles. The number of ether oxygens (including phenoxy) is 2. The van der Waals surface area contributed by atoms with Gasteiger partial charge in [-0.2, -0.15) is 0 Å². The number of nitrogens with one attached hydrogen (secondary N) is 1. The fraction of sp³-hybridized carbons (Fsp3) is 0.417. The minimum atomic E-state index is -0.0299. The van der Waals surface area contributed by atoms with Gasteiger partial charge in [0, 0.05) is 25.6 Å². The third kappa shape index (κ3) is 6.79. The molecule has 3 rings (SSSR count). The van der Waals surface area contributed by atoms with E-state index in [4.69, 9.17) is 9.47 Å². The number of piperidine rings is 1. The molecular weight excluding hydrogens is 380 g/mol. The first kappa shape index (κ1) is 21.7. The molecule has 1 heterocycles. The Balaban J connectivity index is 1.34. The minimum Gasteiger partial charge on any atom is -0.494 e. The van der Waals surface area contributed by atoms with Gasteiger partial charge in [-0.3, -0.25) is 9.59 Å². The summed E-state index contributed by atoms with van der Waals surface area (Å²) in [7, 11) is 0. The fourth-order valence-corrected chi connectivity index (χ4v) is 3.51. The van der Waals surface area contributed by atoms with Gasteiger partial charge < -0.3 is 19.7 Å². The minimum absolute atomic E-state index is 0.0160. The van der Waals surface area contributed by atoms with Gasteiger partial charge in [0.05, 0.1) is 6.61 Å². The molecule has 2 amide bonds. The Kier molecular flexibility index (Phi) is 8.12. The lowest BCUT2D eigenvalue weighted by atomic mass is 10.0. The van der Waals surface area contributed by atoms with E-state index in [2.05, 4.69) is 5.32 Å². The maximum absolute atomic E-state index is 12.4. The number of hydrogen-bond donors (Lipinski definition) is 1. The summed E-state index contributed by atoms with van der Waals surface area (Å²) in [6.07, 6.45) is 2.77. The van der Waals surface area contributed by atoms with Crippen LogP contribution in [0.4, 0.5) is 0 Å². The summed E-state index contributed by atoms with van der Waals surface area (Å²) in [4.78, 5) is 26.4. The summed E-state index contributed by atoms with van der Waals surface area (Å²) in [6.45, 7) is 3.83. The predicted octanol–water partition coefficient (Wildman–Crippen LogP) is 3.20. The van der Waals surface area contributed by atoms with Crippen LogP contribution in [0.5, 0.6) is 11.5 Å². The number of aryl methyl sites for hydroxylation is 1. The van der Waals surface area contributed by atoms with Crippen molar-refractivity contribution < 1.29 is 19.1 Å². The highest BCUT2D eigenvalue weighted by Gasteiger charge is 2.24. The Morgan fingerprint density at radius 3 is 2.23 bits per heavy atom. The number of benzene rings is 2. The van der Waals surface area contributed by atoms with Gasteiger partial charge in [0.25, 0.3) is 5.91 Å². The smallest absolute Gasteiger partial charge is 0.260 e. The molecule has 160 valence electrons. The number of hydrogen-bond acceptors (Lipinski definition) is 4. The summed E-state index contributed by atoms with van der Waals surface area (Å²) >= 11 is 0. The zero-order valence-electron chi connectivity index (χ0n) is 17.5. The van der Waals surface area contributed by atoms with E-state index < -0.39 is 0 Å². The highest BCUT2D eigenvalue weighted by Crippen LogP contribution is 2.18.